The maximum Gasteiger partial charge on any atom is 0.411 e. The highest BCUT2D eigenvalue weighted by atomic mass is 19.4. The Balaban J connectivity index is 2.28. The van der Waals surface area contributed by atoms with Gasteiger partial charge in [-0.2, -0.15) is 13.2 Å². The van der Waals surface area contributed by atoms with Crippen molar-refractivity contribution in [3.8, 4) is 0 Å². The van der Waals surface area contributed by atoms with E-state index in [1.807, 2.05) is 0 Å². The summed E-state index contributed by atoms with van der Waals surface area (Å²) in [5, 5.41) is 11.3. The average Bonchev–Trinajstić information content (AvgIpc) is 2.36. The normalized spacial score (nSPS) is 11.4. The highest BCUT2D eigenvalue weighted by molar-refractivity contribution is 5.90. The van der Waals surface area contributed by atoms with Crippen molar-refractivity contribution in [3.05, 3.63) is 29.8 Å². The van der Waals surface area contributed by atoms with Crippen LogP contribution < -0.4 is 5.32 Å². The number of amides is 1. The minimum Gasteiger partial charge on any atom is -0.396 e. The molecule has 1 amide bonds. The van der Waals surface area contributed by atoms with Gasteiger partial charge < -0.3 is 15.2 Å². The van der Waals surface area contributed by atoms with Crippen LogP contribution in [0.25, 0.3) is 0 Å². The number of aliphatic hydroxyl groups is 1. The molecular weight excluding hydrogens is 275 g/mol. The minimum absolute atomic E-state index is 0.0439. The molecule has 1 rings (SSSR count). The van der Waals surface area contributed by atoms with Gasteiger partial charge in [0.1, 0.15) is 6.61 Å². The number of anilines is 1. The first-order valence-corrected chi connectivity index (χ1v) is 6.05. The summed E-state index contributed by atoms with van der Waals surface area (Å²) in [4.78, 5) is 11.4. The van der Waals surface area contributed by atoms with Crippen molar-refractivity contribution in [2.75, 3.05) is 25.1 Å². The third-order valence-electron chi connectivity index (χ3n) is 2.38. The van der Waals surface area contributed by atoms with E-state index in [1.54, 1.807) is 24.3 Å². The van der Waals surface area contributed by atoms with Gasteiger partial charge in [-0.1, -0.05) is 12.1 Å². The van der Waals surface area contributed by atoms with Gasteiger partial charge in [0.25, 0.3) is 0 Å². The van der Waals surface area contributed by atoms with Crippen LogP contribution in [0.3, 0.4) is 0 Å². The van der Waals surface area contributed by atoms with Crippen molar-refractivity contribution in [2.24, 2.45) is 0 Å². The van der Waals surface area contributed by atoms with E-state index in [4.69, 9.17) is 5.11 Å². The molecule has 1 aromatic rings. The van der Waals surface area contributed by atoms with Gasteiger partial charge in [0.2, 0.25) is 5.91 Å². The zero-order valence-corrected chi connectivity index (χ0v) is 10.7. The summed E-state index contributed by atoms with van der Waals surface area (Å²) < 4.78 is 39.7. The van der Waals surface area contributed by atoms with E-state index in [0.717, 1.165) is 5.56 Å². The van der Waals surface area contributed by atoms with Crippen molar-refractivity contribution in [3.63, 3.8) is 0 Å². The second kappa shape index (κ2) is 7.86. The van der Waals surface area contributed by atoms with Crippen molar-refractivity contribution < 1.29 is 27.8 Å². The van der Waals surface area contributed by atoms with Crippen LogP contribution in [-0.2, 0) is 16.0 Å². The molecule has 1 aromatic carbocycles. The fourth-order valence-electron chi connectivity index (χ4n) is 1.46. The van der Waals surface area contributed by atoms with Gasteiger partial charge in [0, 0.05) is 12.3 Å². The number of nitrogens with one attached hydrogen (secondary N) is 1. The first kappa shape index (κ1) is 16.5. The van der Waals surface area contributed by atoms with Crippen LogP contribution in [0, 0.1) is 0 Å². The Hall–Kier alpha value is -1.60. The van der Waals surface area contributed by atoms with Crippen molar-refractivity contribution in [1.29, 1.82) is 0 Å². The molecule has 2 N–H and O–H groups in total. The topological polar surface area (TPSA) is 58.6 Å². The Kier molecular flexibility index (Phi) is 6.47. The average molecular weight is 291 g/mol. The standard InChI is InChI=1S/C13H16F3NO3/c14-13(15,16)9-20-8-6-12(19)17-11-3-1-10(2-4-11)5-7-18/h1-4,18H,5-9H2,(H,17,19). The molecule has 20 heavy (non-hydrogen) atoms. The number of benzene rings is 1. The summed E-state index contributed by atoms with van der Waals surface area (Å²) in [5.41, 5.74) is 1.48. The van der Waals surface area contributed by atoms with Crippen LogP contribution in [0.15, 0.2) is 24.3 Å². The molecule has 0 spiro atoms. The molecule has 0 aliphatic carbocycles. The lowest BCUT2D eigenvalue weighted by Gasteiger charge is -2.08. The smallest absolute Gasteiger partial charge is 0.396 e. The van der Waals surface area contributed by atoms with E-state index >= 15 is 0 Å². The first-order valence-electron chi connectivity index (χ1n) is 6.05. The summed E-state index contributed by atoms with van der Waals surface area (Å²) in [6, 6.07) is 6.84. The van der Waals surface area contributed by atoms with Crippen molar-refractivity contribution in [2.45, 2.75) is 19.0 Å². The number of ether oxygens (including phenoxy) is 1. The number of alkyl halides is 3. The van der Waals surface area contributed by atoms with Crippen molar-refractivity contribution >= 4 is 11.6 Å². The van der Waals surface area contributed by atoms with E-state index in [9.17, 15) is 18.0 Å². The van der Waals surface area contributed by atoms with Crippen LogP contribution in [-0.4, -0.2) is 37.0 Å². The molecule has 0 bridgehead atoms. The molecule has 0 radical (unpaired) electrons. The number of carbonyl (C=O) groups is 1. The fourth-order valence-corrected chi connectivity index (χ4v) is 1.46. The lowest BCUT2D eigenvalue weighted by atomic mass is 10.1. The number of carbonyl (C=O) groups excluding carboxylic acids is 1. The van der Waals surface area contributed by atoms with Gasteiger partial charge >= 0.3 is 6.18 Å². The highest BCUT2D eigenvalue weighted by Gasteiger charge is 2.27. The Morgan fingerprint density at radius 1 is 1.25 bits per heavy atom. The van der Waals surface area contributed by atoms with E-state index in [0.29, 0.717) is 12.1 Å². The maximum atomic E-state index is 11.8. The molecule has 4 nitrogen and oxygen atoms in total. The predicted molar refractivity (Wildman–Crippen MR) is 67.4 cm³/mol. The zero-order chi connectivity index (χ0) is 15.0. The molecule has 0 unspecified atom stereocenters. The molecular formula is C13H16F3NO3. The second-order valence-electron chi connectivity index (χ2n) is 4.14. The molecule has 0 saturated heterocycles. The highest BCUT2D eigenvalue weighted by Crippen LogP contribution is 2.14. The second-order valence-corrected chi connectivity index (χ2v) is 4.14. The minimum atomic E-state index is -4.38. The summed E-state index contributed by atoms with van der Waals surface area (Å²) in [6.07, 6.45) is -3.99. The fraction of sp³-hybridized carbons (Fsp3) is 0.462. The van der Waals surface area contributed by atoms with Gasteiger partial charge in [-0.25, -0.2) is 0 Å². The molecule has 0 aromatic heterocycles. The SMILES string of the molecule is O=C(CCOCC(F)(F)F)Nc1ccc(CCO)cc1. The zero-order valence-electron chi connectivity index (χ0n) is 10.7. The molecule has 0 aliphatic heterocycles. The summed E-state index contributed by atoms with van der Waals surface area (Å²) >= 11 is 0. The Bertz CT molecular complexity index is 418. The number of hydrogen-bond acceptors (Lipinski definition) is 3. The van der Waals surface area contributed by atoms with E-state index < -0.39 is 18.7 Å². The van der Waals surface area contributed by atoms with Crippen LogP contribution in [0.1, 0.15) is 12.0 Å². The Morgan fingerprint density at radius 2 is 1.90 bits per heavy atom. The van der Waals surface area contributed by atoms with Gasteiger partial charge in [-0.3, -0.25) is 4.79 Å². The van der Waals surface area contributed by atoms with Crippen molar-refractivity contribution in [1.82, 2.24) is 0 Å². The van der Waals surface area contributed by atoms with Gasteiger partial charge in [0.15, 0.2) is 0 Å². The molecule has 0 heterocycles. The number of rotatable bonds is 7. The van der Waals surface area contributed by atoms with Crippen LogP contribution in [0.4, 0.5) is 18.9 Å². The summed E-state index contributed by atoms with van der Waals surface area (Å²) in [7, 11) is 0. The molecule has 7 heteroatoms. The monoisotopic (exact) mass is 291 g/mol. The third kappa shape index (κ3) is 7.10. The van der Waals surface area contributed by atoms with E-state index in [1.165, 1.54) is 0 Å². The quantitative estimate of drug-likeness (QED) is 0.757. The van der Waals surface area contributed by atoms with E-state index in [2.05, 4.69) is 10.1 Å². The predicted octanol–water partition coefficient (Wildman–Crippen LogP) is 2.13. The van der Waals surface area contributed by atoms with Crippen LogP contribution in [0.2, 0.25) is 0 Å². The third-order valence-corrected chi connectivity index (χ3v) is 2.38. The van der Waals surface area contributed by atoms with Crippen LogP contribution >= 0.6 is 0 Å². The number of hydrogen-bond donors (Lipinski definition) is 2. The molecule has 112 valence electrons. The first-order chi connectivity index (χ1) is 9.40. The molecule has 0 saturated carbocycles. The lowest BCUT2D eigenvalue weighted by Crippen LogP contribution is -2.20. The lowest BCUT2D eigenvalue weighted by molar-refractivity contribution is -0.174. The Morgan fingerprint density at radius 3 is 2.45 bits per heavy atom. The van der Waals surface area contributed by atoms with Gasteiger partial charge in [-0.05, 0) is 24.1 Å². The van der Waals surface area contributed by atoms with Crippen LogP contribution in [0.5, 0.6) is 0 Å². The number of aliphatic hydroxyl groups excluding tert-OH is 1. The molecule has 0 aliphatic rings. The van der Waals surface area contributed by atoms with Gasteiger partial charge in [-0.15, -0.1) is 0 Å². The van der Waals surface area contributed by atoms with Gasteiger partial charge in [0.05, 0.1) is 13.0 Å². The molecule has 0 atom stereocenters. The molecule has 0 fully saturated rings. The number of halogens is 3. The van der Waals surface area contributed by atoms with E-state index in [-0.39, 0.29) is 19.6 Å². The largest absolute Gasteiger partial charge is 0.411 e. The summed E-state index contributed by atoms with van der Waals surface area (Å²) in [6.45, 7) is -1.59. The maximum absolute atomic E-state index is 11.8. The Labute approximate surface area is 114 Å². The summed E-state index contributed by atoms with van der Waals surface area (Å²) in [5.74, 6) is -0.415.